The molecule has 15 heavy (non-hydrogen) atoms. The van der Waals surface area contributed by atoms with E-state index in [0.29, 0.717) is 12.1 Å². The van der Waals surface area contributed by atoms with E-state index in [0.717, 1.165) is 6.61 Å². The van der Waals surface area contributed by atoms with E-state index in [1.54, 1.807) is 0 Å². The monoisotopic (exact) mass is 214 g/mol. The summed E-state index contributed by atoms with van der Waals surface area (Å²) >= 11 is 0. The van der Waals surface area contributed by atoms with Gasteiger partial charge in [-0.2, -0.15) is 0 Å². The molecule has 1 rings (SSSR count). The van der Waals surface area contributed by atoms with Crippen LogP contribution in [0.15, 0.2) is 0 Å². The number of methoxy groups -OCH3 is 1. The van der Waals surface area contributed by atoms with E-state index in [-0.39, 0.29) is 0 Å². The van der Waals surface area contributed by atoms with Crippen LogP contribution in [0.3, 0.4) is 0 Å². The van der Waals surface area contributed by atoms with Crippen molar-refractivity contribution in [2.75, 3.05) is 33.9 Å². The Labute approximate surface area is 94.2 Å². The number of rotatable bonds is 6. The molecule has 0 aliphatic carbocycles. The van der Waals surface area contributed by atoms with Crippen molar-refractivity contribution in [1.82, 2.24) is 10.2 Å². The number of likely N-dealkylation sites (tertiary alicyclic amines) is 1. The van der Waals surface area contributed by atoms with Crippen LogP contribution in [-0.4, -0.2) is 50.8 Å². The first kappa shape index (κ1) is 12.9. The Bertz CT molecular complexity index is 158. The number of hydrogen-bond donors (Lipinski definition) is 1. The summed E-state index contributed by atoms with van der Waals surface area (Å²) in [6, 6.07) is 1.30. The smallest absolute Gasteiger partial charge is 0.0618 e. The van der Waals surface area contributed by atoms with E-state index in [4.69, 9.17) is 4.74 Å². The second-order valence-corrected chi connectivity index (χ2v) is 4.52. The normalized spacial score (nSPS) is 25.4. The van der Waals surface area contributed by atoms with Gasteiger partial charge in [0.05, 0.1) is 6.61 Å². The zero-order valence-electron chi connectivity index (χ0n) is 10.5. The van der Waals surface area contributed by atoms with Gasteiger partial charge in [-0.3, -0.25) is 4.90 Å². The molecule has 2 atom stereocenters. The standard InChI is InChI=1S/C12H26N2O/c1-4-6-12(10-15-3)14-8-5-7-11(9-14)13-2/h11-13H,4-10H2,1-3H3. The molecule has 0 radical (unpaired) electrons. The minimum absolute atomic E-state index is 0.621. The Balaban J connectivity index is 2.42. The molecule has 90 valence electrons. The molecule has 3 nitrogen and oxygen atoms in total. The first-order valence-corrected chi connectivity index (χ1v) is 6.22. The molecular weight excluding hydrogens is 188 g/mol. The van der Waals surface area contributed by atoms with Gasteiger partial charge in [-0.15, -0.1) is 0 Å². The maximum atomic E-state index is 5.32. The van der Waals surface area contributed by atoms with Gasteiger partial charge in [-0.25, -0.2) is 0 Å². The summed E-state index contributed by atoms with van der Waals surface area (Å²) in [4.78, 5) is 2.59. The summed E-state index contributed by atoms with van der Waals surface area (Å²) in [6.45, 7) is 5.56. The fourth-order valence-electron chi connectivity index (χ4n) is 2.47. The van der Waals surface area contributed by atoms with E-state index >= 15 is 0 Å². The van der Waals surface area contributed by atoms with Crippen LogP contribution in [0, 0.1) is 0 Å². The van der Waals surface area contributed by atoms with E-state index < -0.39 is 0 Å². The highest BCUT2D eigenvalue weighted by Gasteiger charge is 2.24. The minimum atomic E-state index is 0.621. The zero-order valence-corrected chi connectivity index (χ0v) is 10.5. The highest BCUT2D eigenvalue weighted by Crippen LogP contribution is 2.16. The summed E-state index contributed by atoms with van der Waals surface area (Å²) in [5.74, 6) is 0. The summed E-state index contributed by atoms with van der Waals surface area (Å²) in [7, 11) is 3.88. The van der Waals surface area contributed by atoms with Crippen LogP contribution < -0.4 is 5.32 Å². The van der Waals surface area contributed by atoms with Crippen molar-refractivity contribution in [3.05, 3.63) is 0 Å². The maximum Gasteiger partial charge on any atom is 0.0618 e. The molecule has 0 saturated carbocycles. The Morgan fingerprint density at radius 3 is 2.93 bits per heavy atom. The first-order valence-electron chi connectivity index (χ1n) is 6.22. The third kappa shape index (κ3) is 4.09. The molecule has 0 bridgehead atoms. The summed E-state index contributed by atoms with van der Waals surface area (Å²) in [5.41, 5.74) is 0. The molecule has 0 aromatic carbocycles. The molecule has 3 heteroatoms. The molecular formula is C12H26N2O. The lowest BCUT2D eigenvalue weighted by Crippen LogP contribution is -2.50. The molecule has 2 unspecified atom stereocenters. The molecule has 0 aromatic heterocycles. The number of likely N-dealkylation sites (N-methyl/N-ethyl adjacent to an activating group) is 1. The van der Waals surface area contributed by atoms with Gasteiger partial charge in [0.15, 0.2) is 0 Å². The fraction of sp³-hybridized carbons (Fsp3) is 1.00. The van der Waals surface area contributed by atoms with Gasteiger partial charge < -0.3 is 10.1 Å². The third-order valence-corrected chi connectivity index (χ3v) is 3.36. The number of piperidine rings is 1. The first-order chi connectivity index (χ1) is 7.31. The summed E-state index contributed by atoms with van der Waals surface area (Å²) < 4.78 is 5.32. The second kappa shape index (κ2) is 7.20. The Morgan fingerprint density at radius 2 is 2.33 bits per heavy atom. The third-order valence-electron chi connectivity index (χ3n) is 3.36. The van der Waals surface area contributed by atoms with E-state index in [1.165, 1.54) is 38.8 Å². The van der Waals surface area contributed by atoms with Crippen LogP contribution in [0.4, 0.5) is 0 Å². The zero-order chi connectivity index (χ0) is 11.1. The average Bonchev–Trinajstić information content (AvgIpc) is 2.29. The van der Waals surface area contributed by atoms with Crippen LogP contribution in [0.25, 0.3) is 0 Å². The number of hydrogen-bond acceptors (Lipinski definition) is 3. The van der Waals surface area contributed by atoms with Crippen molar-refractivity contribution in [1.29, 1.82) is 0 Å². The molecule has 1 N–H and O–H groups in total. The van der Waals surface area contributed by atoms with Gasteiger partial charge in [-0.05, 0) is 32.9 Å². The molecule has 0 spiro atoms. The molecule has 1 heterocycles. The van der Waals surface area contributed by atoms with Crippen LogP contribution in [-0.2, 0) is 4.74 Å². The van der Waals surface area contributed by atoms with E-state index in [2.05, 4.69) is 24.2 Å². The van der Waals surface area contributed by atoms with Crippen molar-refractivity contribution < 1.29 is 4.74 Å². The molecule has 0 aromatic rings. The second-order valence-electron chi connectivity index (χ2n) is 4.52. The van der Waals surface area contributed by atoms with Gasteiger partial charge in [0.25, 0.3) is 0 Å². The highest BCUT2D eigenvalue weighted by atomic mass is 16.5. The number of nitrogens with zero attached hydrogens (tertiary/aromatic N) is 1. The Morgan fingerprint density at radius 1 is 1.53 bits per heavy atom. The Kier molecular flexibility index (Phi) is 6.22. The summed E-state index contributed by atoms with van der Waals surface area (Å²) in [6.07, 6.45) is 5.13. The number of ether oxygens (including phenoxy) is 1. The Hall–Kier alpha value is -0.120. The van der Waals surface area contributed by atoms with Gasteiger partial charge in [-0.1, -0.05) is 13.3 Å². The lowest BCUT2D eigenvalue weighted by molar-refractivity contribution is 0.0627. The van der Waals surface area contributed by atoms with Gasteiger partial charge in [0, 0.05) is 25.7 Å². The lowest BCUT2D eigenvalue weighted by atomic mass is 10.0. The molecule has 0 amide bonds. The van der Waals surface area contributed by atoms with Gasteiger partial charge in [0.2, 0.25) is 0 Å². The summed E-state index contributed by atoms with van der Waals surface area (Å²) in [5, 5.41) is 3.39. The van der Waals surface area contributed by atoms with Crippen molar-refractivity contribution in [2.45, 2.75) is 44.7 Å². The van der Waals surface area contributed by atoms with Gasteiger partial charge in [0.1, 0.15) is 0 Å². The molecule has 1 fully saturated rings. The number of nitrogens with one attached hydrogen (secondary N) is 1. The van der Waals surface area contributed by atoms with Gasteiger partial charge >= 0.3 is 0 Å². The van der Waals surface area contributed by atoms with Crippen LogP contribution in [0.5, 0.6) is 0 Å². The van der Waals surface area contributed by atoms with Crippen molar-refractivity contribution in [3.8, 4) is 0 Å². The van der Waals surface area contributed by atoms with Crippen molar-refractivity contribution in [2.24, 2.45) is 0 Å². The fourth-order valence-corrected chi connectivity index (χ4v) is 2.47. The quantitative estimate of drug-likeness (QED) is 0.725. The van der Waals surface area contributed by atoms with E-state index in [9.17, 15) is 0 Å². The molecule has 1 saturated heterocycles. The predicted molar refractivity (Wildman–Crippen MR) is 64.2 cm³/mol. The molecule has 1 aliphatic heterocycles. The van der Waals surface area contributed by atoms with Crippen LogP contribution in [0.2, 0.25) is 0 Å². The predicted octanol–water partition coefficient (Wildman–Crippen LogP) is 1.49. The topological polar surface area (TPSA) is 24.5 Å². The molecule has 1 aliphatic rings. The van der Waals surface area contributed by atoms with E-state index in [1.807, 2.05) is 7.11 Å². The van der Waals surface area contributed by atoms with Crippen LogP contribution in [0.1, 0.15) is 32.6 Å². The largest absolute Gasteiger partial charge is 0.383 e. The SMILES string of the molecule is CCCC(COC)N1CCCC(NC)C1. The van der Waals surface area contributed by atoms with Crippen LogP contribution >= 0.6 is 0 Å². The highest BCUT2D eigenvalue weighted by molar-refractivity contribution is 4.81. The van der Waals surface area contributed by atoms with Crippen molar-refractivity contribution in [3.63, 3.8) is 0 Å². The van der Waals surface area contributed by atoms with Crippen molar-refractivity contribution >= 4 is 0 Å². The minimum Gasteiger partial charge on any atom is -0.383 e. The lowest BCUT2D eigenvalue weighted by Gasteiger charge is -2.38. The average molecular weight is 214 g/mol. The maximum absolute atomic E-state index is 5.32.